The Hall–Kier alpha value is -3.09. The van der Waals surface area contributed by atoms with Crippen LogP contribution in [0.2, 0.25) is 0 Å². The second kappa shape index (κ2) is 8.68. The third kappa shape index (κ3) is 5.20. The minimum atomic E-state index is -0.228. The summed E-state index contributed by atoms with van der Waals surface area (Å²) in [5, 5.41) is 2.76. The van der Waals surface area contributed by atoms with Crippen molar-refractivity contribution < 1.29 is 14.3 Å². The molecule has 2 rings (SSSR count). The van der Waals surface area contributed by atoms with Gasteiger partial charge in [-0.3, -0.25) is 4.79 Å². The van der Waals surface area contributed by atoms with Gasteiger partial charge in [-0.2, -0.15) is 0 Å². The van der Waals surface area contributed by atoms with E-state index in [1.807, 2.05) is 31.1 Å². The number of anilines is 1. The van der Waals surface area contributed by atoms with Crippen molar-refractivity contribution >= 4 is 17.8 Å². The minimum Gasteiger partial charge on any atom is -0.493 e. The van der Waals surface area contributed by atoms with Crippen molar-refractivity contribution in [3.63, 3.8) is 0 Å². The van der Waals surface area contributed by atoms with Crippen molar-refractivity contribution in [1.29, 1.82) is 0 Å². The van der Waals surface area contributed by atoms with Crippen LogP contribution in [0.15, 0.2) is 36.5 Å². The molecule has 7 heteroatoms. The van der Waals surface area contributed by atoms with E-state index in [0.29, 0.717) is 17.3 Å². The molecule has 0 fully saturated rings. The Morgan fingerprint density at radius 3 is 2.64 bits per heavy atom. The molecule has 0 aliphatic rings. The molecule has 0 aliphatic heterocycles. The Kier molecular flexibility index (Phi) is 6.33. The first-order valence-corrected chi connectivity index (χ1v) is 7.70. The summed E-state index contributed by atoms with van der Waals surface area (Å²) in [4.78, 5) is 22.3. The average molecular weight is 342 g/mol. The number of ether oxygens (including phenoxy) is 2. The van der Waals surface area contributed by atoms with Crippen LogP contribution in [0.3, 0.4) is 0 Å². The maximum Gasteiger partial charge on any atom is 0.244 e. The summed E-state index contributed by atoms with van der Waals surface area (Å²) >= 11 is 0. The van der Waals surface area contributed by atoms with Crippen LogP contribution < -0.4 is 19.7 Å². The zero-order valence-corrected chi connectivity index (χ0v) is 14.8. The van der Waals surface area contributed by atoms with Gasteiger partial charge in [-0.1, -0.05) is 6.07 Å². The molecule has 0 saturated heterocycles. The molecule has 0 aliphatic carbocycles. The van der Waals surface area contributed by atoms with Gasteiger partial charge in [0, 0.05) is 26.4 Å². The molecule has 1 amide bonds. The molecule has 2 aromatic rings. The molecule has 1 aromatic carbocycles. The number of carbonyl (C=O) groups is 1. The summed E-state index contributed by atoms with van der Waals surface area (Å²) < 4.78 is 10.4. The highest BCUT2D eigenvalue weighted by atomic mass is 16.5. The SMILES string of the molecule is COc1ccc(/C=C/C(=O)NCc2nccc(N(C)C)n2)cc1OC. The standard InChI is InChI=1S/C18H22N4O3/c1-22(2)17-9-10-19-16(21-17)12-20-18(23)8-6-13-5-7-14(24-3)15(11-13)25-4/h5-11H,12H2,1-4H3,(H,20,23)/b8-6+. The third-order valence-electron chi connectivity index (χ3n) is 3.40. The lowest BCUT2D eigenvalue weighted by atomic mass is 10.2. The first-order valence-electron chi connectivity index (χ1n) is 7.70. The largest absolute Gasteiger partial charge is 0.493 e. The van der Waals surface area contributed by atoms with E-state index in [-0.39, 0.29) is 12.5 Å². The predicted octanol–water partition coefficient (Wildman–Crippen LogP) is 1.89. The Morgan fingerprint density at radius 1 is 1.20 bits per heavy atom. The number of amides is 1. The summed E-state index contributed by atoms with van der Waals surface area (Å²) in [5.41, 5.74) is 0.832. The van der Waals surface area contributed by atoms with Gasteiger partial charge in [-0.05, 0) is 29.8 Å². The number of hydrogen-bond acceptors (Lipinski definition) is 6. The van der Waals surface area contributed by atoms with Crippen molar-refractivity contribution in [3.05, 3.63) is 47.9 Å². The third-order valence-corrected chi connectivity index (χ3v) is 3.40. The van der Waals surface area contributed by atoms with Gasteiger partial charge in [0.25, 0.3) is 0 Å². The fraction of sp³-hybridized carbons (Fsp3) is 0.278. The van der Waals surface area contributed by atoms with Gasteiger partial charge < -0.3 is 19.7 Å². The van der Waals surface area contributed by atoms with E-state index in [2.05, 4.69) is 15.3 Å². The lowest BCUT2D eigenvalue weighted by Crippen LogP contribution is -2.22. The van der Waals surface area contributed by atoms with E-state index in [4.69, 9.17) is 9.47 Å². The normalized spacial score (nSPS) is 10.6. The molecule has 0 bridgehead atoms. The number of benzene rings is 1. The number of methoxy groups -OCH3 is 2. The van der Waals surface area contributed by atoms with Crippen LogP contribution in [0.25, 0.3) is 6.08 Å². The van der Waals surface area contributed by atoms with Crippen LogP contribution in [0, 0.1) is 0 Å². The van der Waals surface area contributed by atoms with Gasteiger partial charge >= 0.3 is 0 Å². The summed E-state index contributed by atoms with van der Waals surface area (Å²) in [6.45, 7) is 0.261. The highest BCUT2D eigenvalue weighted by molar-refractivity contribution is 5.91. The van der Waals surface area contributed by atoms with E-state index in [1.54, 1.807) is 38.6 Å². The summed E-state index contributed by atoms with van der Waals surface area (Å²) in [6, 6.07) is 7.24. The predicted molar refractivity (Wildman–Crippen MR) is 96.8 cm³/mol. The molecule has 0 spiro atoms. The van der Waals surface area contributed by atoms with E-state index in [9.17, 15) is 4.79 Å². The number of rotatable bonds is 7. The fourth-order valence-corrected chi connectivity index (χ4v) is 2.08. The maximum atomic E-state index is 12.0. The fourth-order valence-electron chi connectivity index (χ4n) is 2.08. The Balaban J connectivity index is 1.96. The molecule has 1 heterocycles. The van der Waals surface area contributed by atoms with Gasteiger partial charge in [0.1, 0.15) is 11.6 Å². The number of nitrogens with zero attached hydrogens (tertiary/aromatic N) is 3. The van der Waals surface area contributed by atoms with E-state index in [1.165, 1.54) is 6.08 Å². The van der Waals surface area contributed by atoms with Gasteiger partial charge in [-0.25, -0.2) is 9.97 Å². The van der Waals surface area contributed by atoms with Crippen molar-refractivity contribution in [3.8, 4) is 11.5 Å². The van der Waals surface area contributed by atoms with E-state index in [0.717, 1.165) is 11.4 Å². The summed E-state index contributed by atoms with van der Waals surface area (Å²) in [7, 11) is 6.95. The van der Waals surface area contributed by atoms with Crippen LogP contribution in [-0.4, -0.2) is 44.2 Å². The Bertz CT molecular complexity index is 760. The molecular weight excluding hydrogens is 320 g/mol. The van der Waals surface area contributed by atoms with Gasteiger partial charge in [0.15, 0.2) is 11.5 Å². The maximum absolute atomic E-state index is 12.0. The summed E-state index contributed by atoms with van der Waals surface area (Å²) in [5.74, 6) is 2.37. The smallest absolute Gasteiger partial charge is 0.244 e. The van der Waals surface area contributed by atoms with Crippen LogP contribution in [-0.2, 0) is 11.3 Å². The van der Waals surface area contributed by atoms with E-state index >= 15 is 0 Å². The van der Waals surface area contributed by atoms with Crippen molar-refractivity contribution in [2.45, 2.75) is 6.54 Å². The monoisotopic (exact) mass is 342 g/mol. The molecule has 132 valence electrons. The van der Waals surface area contributed by atoms with Gasteiger partial charge in [-0.15, -0.1) is 0 Å². The van der Waals surface area contributed by atoms with Crippen molar-refractivity contribution in [2.75, 3.05) is 33.2 Å². The zero-order valence-electron chi connectivity index (χ0n) is 14.8. The number of nitrogens with one attached hydrogen (secondary N) is 1. The first-order chi connectivity index (χ1) is 12.0. The summed E-state index contributed by atoms with van der Waals surface area (Å²) in [6.07, 6.45) is 4.83. The quantitative estimate of drug-likeness (QED) is 0.775. The number of hydrogen-bond donors (Lipinski definition) is 1. The first kappa shape index (κ1) is 18.3. The van der Waals surface area contributed by atoms with Gasteiger partial charge in [0.05, 0.1) is 20.8 Å². The molecule has 25 heavy (non-hydrogen) atoms. The van der Waals surface area contributed by atoms with Crippen molar-refractivity contribution in [2.24, 2.45) is 0 Å². The molecular formula is C18H22N4O3. The second-order valence-corrected chi connectivity index (χ2v) is 5.39. The van der Waals surface area contributed by atoms with Crippen LogP contribution >= 0.6 is 0 Å². The minimum absolute atomic E-state index is 0.228. The lowest BCUT2D eigenvalue weighted by molar-refractivity contribution is -0.116. The number of carbonyl (C=O) groups excluding carboxylic acids is 1. The zero-order chi connectivity index (χ0) is 18.2. The molecule has 0 unspecified atom stereocenters. The highest BCUT2D eigenvalue weighted by Gasteiger charge is 2.04. The molecule has 7 nitrogen and oxygen atoms in total. The topological polar surface area (TPSA) is 76.6 Å². The Labute approximate surface area is 147 Å². The van der Waals surface area contributed by atoms with E-state index < -0.39 is 0 Å². The van der Waals surface area contributed by atoms with Crippen molar-refractivity contribution in [1.82, 2.24) is 15.3 Å². The van der Waals surface area contributed by atoms with Crippen LogP contribution in [0.4, 0.5) is 5.82 Å². The lowest BCUT2D eigenvalue weighted by Gasteiger charge is -2.11. The average Bonchev–Trinajstić information content (AvgIpc) is 2.64. The molecule has 1 aromatic heterocycles. The Morgan fingerprint density at radius 2 is 1.96 bits per heavy atom. The van der Waals surface area contributed by atoms with Crippen LogP contribution in [0.1, 0.15) is 11.4 Å². The molecule has 1 N–H and O–H groups in total. The molecule has 0 radical (unpaired) electrons. The van der Waals surface area contributed by atoms with Gasteiger partial charge in [0.2, 0.25) is 5.91 Å². The second-order valence-electron chi connectivity index (χ2n) is 5.39. The molecule has 0 atom stereocenters. The number of aromatic nitrogens is 2. The highest BCUT2D eigenvalue weighted by Crippen LogP contribution is 2.27. The van der Waals surface area contributed by atoms with Crippen LogP contribution in [0.5, 0.6) is 11.5 Å². The molecule has 0 saturated carbocycles.